The fourth-order valence-corrected chi connectivity index (χ4v) is 9.49. The van der Waals surface area contributed by atoms with E-state index in [9.17, 15) is 14.4 Å². The average molecular weight is 1110 g/mol. The van der Waals surface area contributed by atoms with Gasteiger partial charge >= 0.3 is 17.9 Å². The Balaban J connectivity index is 4.08. The lowest BCUT2D eigenvalue weighted by Crippen LogP contribution is -2.30. The van der Waals surface area contributed by atoms with Gasteiger partial charge in [0.05, 0.1) is 0 Å². The van der Waals surface area contributed by atoms with Crippen LogP contribution in [0.2, 0.25) is 0 Å². The zero-order valence-electron chi connectivity index (χ0n) is 52.6. The number of allylic oxidation sites excluding steroid dienone is 18. The highest BCUT2D eigenvalue weighted by Gasteiger charge is 2.19. The Hall–Kier alpha value is -3.93. The van der Waals surface area contributed by atoms with Crippen LogP contribution < -0.4 is 0 Å². The fourth-order valence-electron chi connectivity index (χ4n) is 9.49. The Morgan fingerprint density at radius 3 is 0.775 bits per heavy atom. The van der Waals surface area contributed by atoms with Crippen LogP contribution in [0.5, 0.6) is 0 Å². The van der Waals surface area contributed by atoms with Crippen molar-refractivity contribution in [2.75, 3.05) is 13.2 Å². The molecule has 458 valence electrons. The highest BCUT2D eigenvalue weighted by molar-refractivity contribution is 5.71. The maximum atomic E-state index is 12.9. The van der Waals surface area contributed by atoms with Gasteiger partial charge in [0, 0.05) is 19.3 Å². The molecule has 0 heterocycles. The monoisotopic (exact) mass is 1110 g/mol. The molecular formula is C74H126O6. The van der Waals surface area contributed by atoms with E-state index in [0.717, 1.165) is 128 Å². The van der Waals surface area contributed by atoms with Crippen LogP contribution in [-0.4, -0.2) is 37.2 Å². The van der Waals surface area contributed by atoms with Crippen LogP contribution >= 0.6 is 0 Å². The molecule has 1 atom stereocenters. The second kappa shape index (κ2) is 67.6. The topological polar surface area (TPSA) is 78.9 Å². The van der Waals surface area contributed by atoms with Gasteiger partial charge in [-0.2, -0.15) is 0 Å². The summed E-state index contributed by atoms with van der Waals surface area (Å²) in [5.74, 6) is -0.893. The molecule has 0 saturated carbocycles. The molecule has 80 heavy (non-hydrogen) atoms. The third kappa shape index (κ3) is 64.9. The molecule has 0 rings (SSSR count). The van der Waals surface area contributed by atoms with Gasteiger partial charge in [-0.25, -0.2) is 0 Å². The number of unbranched alkanes of at least 4 members (excludes halogenated alkanes) is 32. The van der Waals surface area contributed by atoms with Gasteiger partial charge in [-0.1, -0.05) is 297 Å². The molecular weight excluding hydrogens is 985 g/mol. The zero-order valence-corrected chi connectivity index (χ0v) is 52.6. The van der Waals surface area contributed by atoms with E-state index in [1.54, 1.807) is 0 Å². The van der Waals surface area contributed by atoms with Crippen LogP contribution in [0.3, 0.4) is 0 Å². The van der Waals surface area contributed by atoms with Crippen LogP contribution in [0.1, 0.15) is 323 Å². The predicted octanol–water partition coefficient (Wildman–Crippen LogP) is 23.4. The van der Waals surface area contributed by atoms with E-state index in [-0.39, 0.29) is 31.1 Å². The van der Waals surface area contributed by atoms with E-state index in [4.69, 9.17) is 14.2 Å². The predicted molar refractivity (Wildman–Crippen MR) is 348 cm³/mol. The summed E-state index contributed by atoms with van der Waals surface area (Å²) in [6, 6.07) is 0. The molecule has 0 amide bonds. The van der Waals surface area contributed by atoms with Gasteiger partial charge in [0.1, 0.15) is 13.2 Å². The Labute approximate surface area is 495 Å². The first-order chi connectivity index (χ1) is 39.5. The average Bonchev–Trinajstić information content (AvgIpc) is 3.46. The van der Waals surface area contributed by atoms with Crippen molar-refractivity contribution in [3.8, 4) is 0 Å². The lowest BCUT2D eigenvalue weighted by molar-refractivity contribution is -0.167. The quantitative estimate of drug-likeness (QED) is 0.0261. The van der Waals surface area contributed by atoms with Crippen molar-refractivity contribution in [2.24, 2.45) is 0 Å². The molecule has 6 heteroatoms. The first-order valence-corrected chi connectivity index (χ1v) is 33.9. The molecule has 0 radical (unpaired) electrons. The lowest BCUT2D eigenvalue weighted by atomic mass is 10.0. The fraction of sp³-hybridized carbons (Fsp3) is 0.716. The summed E-state index contributed by atoms with van der Waals surface area (Å²) in [6.07, 6.45) is 92.7. The first kappa shape index (κ1) is 76.1. The van der Waals surface area contributed by atoms with Gasteiger partial charge in [0.2, 0.25) is 0 Å². The smallest absolute Gasteiger partial charge is 0.306 e. The summed E-state index contributed by atoms with van der Waals surface area (Å²) in [4.78, 5) is 38.2. The maximum Gasteiger partial charge on any atom is 0.306 e. The molecule has 0 aromatic heterocycles. The van der Waals surface area contributed by atoms with Crippen molar-refractivity contribution in [2.45, 2.75) is 329 Å². The van der Waals surface area contributed by atoms with Crippen LogP contribution in [0.15, 0.2) is 109 Å². The summed E-state index contributed by atoms with van der Waals surface area (Å²) in [5.41, 5.74) is 0. The summed E-state index contributed by atoms with van der Waals surface area (Å²) < 4.78 is 16.9. The molecule has 1 unspecified atom stereocenters. The SMILES string of the molecule is CC/C=C\C/C=C\C/C=C\C/C=C\C/C=C\CCCCCCCCCCCCCCCCCCCCCC(=O)OCC(COC(=O)CCCCCCC/C=C\CCC)OC(=O)CCCCCCCCC/C=C\C/C=C\C/C=C\CC. The molecule has 0 aromatic rings. The minimum atomic E-state index is -0.785. The van der Waals surface area contributed by atoms with Gasteiger partial charge in [-0.05, 0) is 116 Å². The lowest BCUT2D eigenvalue weighted by Gasteiger charge is -2.18. The van der Waals surface area contributed by atoms with Gasteiger partial charge in [0.25, 0.3) is 0 Å². The third-order valence-corrected chi connectivity index (χ3v) is 14.5. The van der Waals surface area contributed by atoms with Crippen LogP contribution in [0.4, 0.5) is 0 Å². The van der Waals surface area contributed by atoms with Crippen LogP contribution in [0.25, 0.3) is 0 Å². The molecule has 0 saturated heterocycles. The van der Waals surface area contributed by atoms with Gasteiger partial charge in [0.15, 0.2) is 6.10 Å². The summed E-state index contributed by atoms with van der Waals surface area (Å²) in [6.45, 7) is 6.36. The number of carbonyl (C=O) groups excluding carboxylic acids is 3. The molecule has 0 aliphatic carbocycles. The highest BCUT2D eigenvalue weighted by atomic mass is 16.6. The molecule has 0 fully saturated rings. The Morgan fingerprint density at radius 1 is 0.263 bits per heavy atom. The van der Waals surface area contributed by atoms with E-state index in [0.29, 0.717) is 19.3 Å². The first-order valence-electron chi connectivity index (χ1n) is 33.9. The van der Waals surface area contributed by atoms with Gasteiger partial charge in [-0.3, -0.25) is 14.4 Å². The van der Waals surface area contributed by atoms with E-state index < -0.39 is 6.10 Å². The Bertz CT molecular complexity index is 1610. The van der Waals surface area contributed by atoms with E-state index in [1.165, 1.54) is 154 Å². The molecule has 0 spiro atoms. The maximum absolute atomic E-state index is 12.9. The van der Waals surface area contributed by atoms with Crippen molar-refractivity contribution in [3.05, 3.63) is 109 Å². The second-order valence-corrected chi connectivity index (χ2v) is 22.3. The molecule has 0 aliphatic heterocycles. The van der Waals surface area contributed by atoms with E-state index >= 15 is 0 Å². The van der Waals surface area contributed by atoms with Crippen LogP contribution in [-0.2, 0) is 28.6 Å². The largest absolute Gasteiger partial charge is 0.462 e. The summed E-state index contributed by atoms with van der Waals surface area (Å²) >= 11 is 0. The molecule has 0 aromatic carbocycles. The molecule has 0 aliphatic rings. The minimum Gasteiger partial charge on any atom is -0.462 e. The van der Waals surface area contributed by atoms with Crippen molar-refractivity contribution < 1.29 is 28.6 Å². The zero-order chi connectivity index (χ0) is 57.8. The number of hydrogen-bond donors (Lipinski definition) is 0. The number of esters is 3. The number of ether oxygens (including phenoxy) is 3. The number of carbonyl (C=O) groups is 3. The van der Waals surface area contributed by atoms with Gasteiger partial charge in [-0.15, -0.1) is 0 Å². The summed E-state index contributed by atoms with van der Waals surface area (Å²) in [5, 5.41) is 0. The van der Waals surface area contributed by atoms with E-state index in [2.05, 4.69) is 130 Å². The number of hydrogen-bond acceptors (Lipinski definition) is 6. The van der Waals surface area contributed by atoms with Crippen molar-refractivity contribution >= 4 is 17.9 Å². The Kier molecular flexibility index (Phi) is 64.3. The molecule has 6 nitrogen and oxygen atoms in total. The summed E-state index contributed by atoms with van der Waals surface area (Å²) in [7, 11) is 0. The molecule has 0 bridgehead atoms. The second-order valence-electron chi connectivity index (χ2n) is 22.3. The normalized spacial score (nSPS) is 12.8. The van der Waals surface area contributed by atoms with E-state index in [1.807, 2.05) is 0 Å². The third-order valence-electron chi connectivity index (χ3n) is 14.5. The Morgan fingerprint density at radius 2 is 0.487 bits per heavy atom. The highest BCUT2D eigenvalue weighted by Crippen LogP contribution is 2.17. The standard InChI is InChI=1S/C74H126O6/c1-4-7-10-13-16-19-22-24-26-28-29-30-31-32-33-34-35-36-37-38-39-40-41-42-43-44-45-47-48-50-52-55-58-61-64-67-73(76)79-70-71(69-78-72(75)66-63-60-57-54-21-18-15-12-9-6-3)80-74(77)68-65-62-59-56-53-51-49-46-27-25-23-20-17-14-11-8-5-2/h7-8,10-12,15-17,19-20,24-27,29-30,32-33,71H,4-6,9,13-14,18,21-23,28,31,34-70H2,1-3H3/b10-7-,11-8-,15-12-,19-16-,20-17-,26-24-,27-25-,30-29-,33-32-. The van der Waals surface area contributed by atoms with Crippen molar-refractivity contribution in [3.63, 3.8) is 0 Å². The molecule has 0 N–H and O–H groups in total. The minimum absolute atomic E-state index is 0.0819. The van der Waals surface area contributed by atoms with Crippen molar-refractivity contribution in [1.29, 1.82) is 0 Å². The number of rotatable bonds is 61. The van der Waals surface area contributed by atoms with Crippen LogP contribution in [0, 0.1) is 0 Å². The van der Waals surface area contributed by atoms with Gasteiger partial charge < -0.3 is 14.2 Å². The van der Waals surface area contributed by atoms with Crippen molar-refractivity contribution in [1.82, 2.24) is 0 Å².